The van der Waals surface area contributed by atoms with Crippen molar-refractivity contribution in [3.8, 4) is 11.1 Å². The third-order valence-electron chi connectivity index (χ3n) is 5.81. The molecule has 0 heterocycles. The number of hydrogen-bond donors (Lipinski definition) is 0. The molecular weight excluding hydrogens is 336 g/mol. The summed E-state index contributed by atoms with van der Waals surface area (Å²) in [6.07, 6.45) is 0. The lowest BCUT2D eigenvalue weighted by atomic mass is 9.90. The van der Waals surface area contributed by atoms with Crippen LogP contribution in [-0.2, 0) is 0 Å². The molecule has 6 aromatic carbocycles. The molecule has 0 heteroatoms. The van der Waals surface area contributed by atoms with Gasteiger partial charge in [0, 0.05) is 0 Å². The molecule has 0 aliphatic heterocycles. The second-order valence-electron chi connectivity index (χ2n) is 7.42. The van der Waals surface area contributed by atoms with Crippen molar-refractivity contribution in [2.45, 2.75) is 0 Å². The Morgan fingerprint density at radius 3 is 1.79 bits per heavy atom. The Bertz CT molecular complexity index is 1500. The summed E-state index contributed by atoms with van der Waals surface area (Å²) >= 11 is 0. The Morgan fingerprint density at radius 1 is 0.321 bits per heavy atom. The highest BCUT2D eigenvalue weighted by Gasteiger charge is 2.11. The van der Waals surface area contributed by atoms with Crippen molar-refractivity contribution in [3.63, 3.8) is 0 Å². The molecule has 0 unspecified atom stereocenters. The summed E-state index contributed by atoms with van der Waals surface area (Å²) in [5.41, 5.74) is 2.60. The third kappa shape index (κ3) is 2.25. The SMILES string of the molecule is c1ccc2cc3c(ccc4cccc(-c5cccc6ccccc56)c43)cc2c1. The highest BCUT2D eigenvalue weighted by atomic mass is 14.1. The fourth-order valence-corrected chi connectivity index (χ4v) is 4.49. The van der Waals surface area contributed by atoms with Crippen LogP contribution >= 0.6 is 0 Å². The molecule has 0 nitrogen and oxygen atoms in total. The van der Waals surface area contributed by atoms with E-state index in [4.69, 9.17) is 0 Å². The van der Waals surface area contributed by atoms with E-state index in [9.17, 15) is 0 Å². The number of fused-ring (bicyclic) bond motifs is 5. The van der Waals surface area contributed by atoms with Crippen LogP contribution in [0.5, 0.6) is 0 Å². The molecule has 6 rings (SSSR count). The van der Waals surface area contributed by atoms with Crippen LogP contribution in [0, 0.1) is 0 Å². The zero-order valence-electron chi connectivity index (χ0n) is 15.4. The Balaban J connectivity index is 1.80. The van der Waals surface area contributed by atoms with Crippen LogP contribution in [0.2, 0.25) is 0 Å². The lowest BCUT2D eigenvalue weighted by Gasteiger charge is -2.13. The van der Waals surface area contributed by atoms with Crippen LogP contribution in [0.25, 0.3) is 54.2 Å². The number of rotatable bonds is 1. The van der Waals surface area contributed by atoms with Gasteiger partial charge >= 0.3 is 0 Å². The first-order chi connectivity index (χ1) is 13.9. The maximum absolute atomic E-state index is 2.35. The Kier molecular flexibility index (Phi) is 3.27. The van der Waals surface area contributed by atoms with Crippen molar-refractivity contribution < 1.29 is 0 Å². The van der Waals surface area contributed by atoms with Gasteiger partial charge in [-0.15, -0.1) is 0 Å². The summed E-state index contributed by atoms with van der Waals surface area (Å²) in [5.74, 6) is 0. The quantitative estimate of drug-likeness (QED) is 0.207. The van der Waals surface area contributed by atoms with Crippen LogP contribution in [-0.4, -0.2) is 0 Å². The lowest BCUT2D eigenvalue weighted by Crippen LogP contribution is -1.86. The predicted molar refractivity (Wildman–Crippen MR) is 122 cm³/mol. The topological polar surface area (TPSA) is 0 Å². The molecule has 0 saturated heterocycles. The van der Waals surface area contributed by atoms with Gasteiger partial charge in [0.15, 0.2) is 0 Å². The van der Waals surface area contributed by atoms with Crippen molar-refractivity contribution >= 4 is 43.1 Å². The molecule has 0 N–H and O–H groups in total. The van der Waals surface area contributed by atoms with Gasteiger partial charge in [0.05, 0.1) is 0 Å². The minimum absolute atomic E-state index is 1.28. The normalized spacial score (nSPS) is 11.6. The Labute approximate surface area is 163 Å². The second-order valence-corrected chi connectivity index (χ2v) is 7.42. The number of benzene rings is 6. The summed E-state index contributed by atoms with van der Waals surface area (Å²) in [7, 11) is 0. The van der Waals surface area contributed by atoms with E-state index < -0.39 is 0 Å². The first-order valence-electron chi connectivity index (χ1n) is 9.71. The van der Waals surface area contributed by atoms with Crippen molar-refractivity contribution in [1.29, 1.82) is 0 Å². The van der Waals surface area contributed by atoms with Gasteiger partial charge in [-0.25, -0.2) is 0 Å². The standard InChI is InChI=1S/C28H18/c1-2-9-22-18-27-23(17-21(22)8-1)16-15-20-11-6-14-26(28(20)27)25-13-5-10-19-7-3-4-12-24(19)25/h1-18H. The fourth-order valence-electron chi connectivity index (χ4n) is 4.49. The third-order valence-corrected chi connectivity index (χ3v) is 5.81. The van der Waals surface area contributed by atoms with Gasteiger partial charge in [0.2, 0.25) is 0 Å². The van der Waals surface area contributed by atoms with Gasteiger partial charge in [-0.2, -0.15) is 0 Å². The molecule has 0 spiro atoms. The summed E-state index contributed by atoms with van der Waals surface area (Å²) < 4.78 is 0. The molecule has 0 bridgehead atoms. The van der Waals surface area contributed by atoms with Crippen LogP contribution < -0.4 is 0 Å². The van der Waals surface area contributed by atoms with Gasteiger partial charge < -0.3 is 0 Å². The zero-order valence-corrected chi connectivity index (χ0v) is 15.4. The second kappa shape index (κ2) is 5.94. The molecule has 0 saturated carbocycles. The van der Waals surface area contributed by atoms with Crippen molar-refractivity contribution in [3.05, 3.63) is 109 Å². The van der Waals surface area contributed by atoms with Crippen LogP contribution in [0.4, 0.5) is 0 Å². The van der Waals surface area contributed by atoms with E-state index in [-0.39, 0.29) is 0 Å². The van der Waals surface area contributed by atoms with E-state index in [1.807, 2.05) is 0 Å². The molecule has 0 amide bonds. The minimum atomic E-state index is 1.28. The molecule has 0 fully saturated rings. The summed E-state index contributed by atoms with van der Waals surface area (Å²) in [4.78, 5) is 0. The maximum atomic E-state index is 2.35. The van der Waals surface area contributed by atoms with E-state index in [1.54, 1.807) is 0 Å². The van der Waals surface area contributed by atoms with Crippen molar-refractivity contribution in [1.82, 2.24) is 0 Å². The first kappa shape index (κ1) is 15.4. The summed E-state index contributed by atoms with van der Waals surface area (Å²) in [6.45, 7) is 0. The molecule has 130 valence electrons. The van der Waals surface area contributed by atoms with Gasteiger partial charge in [0.25, 0.3) is 0 Å². The maximum Gasteiger partial charge on any atom is -0.00264 e. The van der Waals surface area contributed by atoms with Gasteiger partial charge in [-0.05, 0) is 66.3 Å². The van der Waals surface area contributed by atoms with Crippen molar-refractivity contribution in [2.75, 3.05) is 0 Å². The first-order valence-corrected chi connectivity index (χ1v) is 9.71. The average Bonchev–Trinajstić information content (AvgIpc) is 2.77. The van der Waals surface area contributed by atoms with E-state index in [0.717, 1.165) is 0 Å². The molecule has 0 atom stereocenters. The highest BCUT2D eigenvalue weighted by Crippen LogP contribution is 2.38. The molecule has 28 heavy (non-hydrogen) atoms. The Morgan fingerprint density at radius 2 is 0.929 bits per heavy atom. The molecule has 0 aromatic heterocycles. The Hall–Kier alpha value is -3.64. The summed E-state index contributed by atoms with van der Waals surface area (Å²) in [5, 5.41) is 10.4. The number of hydrogen-bond acceptors (Lipinski definition) is 0. The van der Waals surface area contributed by atoms with Gasteiger partial charge in [-0.3, -0.25) is 0 Å². The predicted octanol–water partition coefficient (Wildman–Crippen LogP) is 7.97. The molecule has 6 aromatic rings. The monoisotopic (exact) mass is 354 g/mol. The van der Waals surface area contributed by atoms with E-state index in [0.29, 0.717) is 0 Å². The van der Waals surface area contributed by atoms with E-state index >= 15 is 0 Å². The lowest BCUT2D eigenvalue weighted by molar-refractivity contribution is 1.70. The van der Waals surface area contributed by atoms with Gasteiger partial charge in [-0.1, -0.05) is 97.1 Å². The van der Waals surface area contributed by atoms with E-state index in [2.05, 4.69) is 109 Å². The zero-order chi connectivity index (χ0) is 18.5. The summed E-state index contributed by atoms with van der Waals surface area (Å²) in [6, 6.07) is 39.7. The molecule has 0 aliphatic rings. The van der Waals surface area contributed by atoms with Crippen LogP contribution in [0.3, 0.4) is 0 Å². The smallest absolute Gasteiger partial charge is 0.00264 e. The average molecular weight is 354 g/mol. The minimum Gasteiger partial charge on any atom is -0.0616 e. The molecule has 0 radical (unpaired) electrons. The van der Waals surface area contributed by atoms with Gasteiger partial charge in [0.1, 0.15) is 0 Å². The van der Waals surface area contributed by atoms with Crippen LogP contribution in [0.1, 0.15) is 0 Å². The fraction of sp³-hybridized carbons (Fsp3) is 0. The largest absolute Gasteiger partial charge is 0.0616 e. The molecule has 0 aliphatic carbocycles. The van der Waals surface area contributed by atoms with Crippen molar-refractivity contribution in [2.24, 2.45) is 0 Å². The highest BCUT2D eigenvalue weighted by molar-refractivity contribution is 6.19. The molecular formula is C28H18. The van der Waals surface area contributed by atoms with Crippen LogP contribution in [0.15, 0.2) is 109 Å². The van der Waals surface area contributed by atoms with E-state index in [1.165, 1.54) is 54.2 Å².